The lowest BCUT2D eigenvalue weighted by Crippen LogP contribution is -2.61. The predicted octanol–water partition coefficient (Wildman–Crippen LogP) is 2.31. The smallest absolute Gasteiger partial charge is 0.341 e. The molecule has 6 atom stereocenters. The summed E-state index contributed by atoms with van der Waals surface area (Å²) in [5, 5.41) is 0. The first-order valence-corrected chi connectivity index (χ1v) is 7.15. The minimum atomic E-state index is -1.05. The summed E-state index contributed by atoms with van der Waals surface area (Å²) in [5.41, 5.74) is -1.24. The summed E-state index contributed by atoms with van der Waals surface area (Å²) in [6.45, 7) is 8.66. The van der Waals surface area contributed by atoms with E-state index in [2.05, 4.69) is 20.8 Å². The van der Waals surface area contributed by atoms with Crippen LogP contribution in [0.5, 0.6) is 0 Å². The van der Waals surface area contributed by atoms with Crippen LogP contribution in [-0.2, 0) is 19.1 Å². The predicted molar refractivity (Wildman–Crippen MR) is 68.2 cm³/mol. The molecule has 3 fully saturated rings. The van der Waals surface area contributed by atoms with E-state index in [1.165, 1.54) is 0 Å². The van der Waals surface area contributed by atoms with Gasteiger partial charge in [-0.3, -0.25) is 0 Å². The molecule has 2 saturated heterocycles. The van der Waals surface area contributed by atoms with Gasteiger partial charge in [0.05, 0.1) is 0 Å². The molecular weight excluding hydrogens is 244 g/mol. The standard InChI is InChI=1S/C15H22O4/c1-9-5-6-13(3)10(2)15(7-8-16)11(17)18-12(19-15)14(9,13)4/h8-10,12H,5-7H2,1-4H3/t9-,10+,12+,13+,14-,15-/m1/s1. The first kappa shape index (κ1) is 13.1. The molecule has 1 saturated carbocycles. The first-order valence-electron chi connectivity index (χ1n) is 7.15. The van der Waals surface area contributed by atoms with Crippen molar-refractivity contribution in [3.05, 3.63) is 0 Å². The molecule has 19 heavy (non-hydrogen) atoms. The number of carbonyl (C=O) groups excluding carboxylic acids is 2. The highest BCUT2D eigenvalue weighted by atomic mass is 16.8. The average molecular weight is 266 g/mol. The van der Waals surface area contributed by atoms with E-state index in [1.54, 1.807) is 0 Å². The highest BCUT2D eigenvalue weighted by Crippen LogP contribution is 2.69. The van der Waals surface area contributed by atoms with Gasteiger partial charge in [-0.15, -0.1) is 0 Å². The van der Waals surface area contributed by atoms with E-state index in [0.29, 0.717) is 5.92 Å². The van der Waals surface area contributed by atoms with E-state index >= 15 is 0 Å². The highest BCUT2D eigenvalue weighted by Gasteiger charge is 2.74. The van der Waals surface area contributed by atoms with Gasteiger partial charge in [0.25, 0.3) is 0 Å². The summed E-state index contributed by atoms with van der Waals surface area (Å²) in [7, 11) is 0. The molecule has 0 amide bonds. The topological polar surface area (TPSA) is 52.6 Å². The SMILES string of the molecule is C[C@@H]1CC[C@@]2(C)[C@H](C)[C@@]3(CC=O)O[C@H](OC3=O)[C@@]12C. The van der Waals surface area contributed by atoms with Crippen LogP contribution in [-0.4, -0.2) is 24.1 Å². The van der Waals surface area contributed by atoms with Crippen LogP contribution in [0.1, 0.15) is 47.0 Å². The number of hydrogen-bond donors (Lipinski definition) is 0. The van der Waals surface area contributed by atoms with Crippen LogP contribution in [0.25, 0.3) is 0 Å². The Labute approximate surface area is 113 Å². The van der Waals surface area contributed by atoms with Crippen LogP contribution < -0.4 is 0 Å². The maximum atomic E-state index is 12.3. The maximum absolute atomic E-state index is 12.3. The fourth-order valence-corrected chi connectivity index (χ4v) is 4.76. The number of rotatable bonds is 2. The van der Waals surface area contributed by atoms with Gasteiger partial charge in [0, 0.05) is 17.8 Å². The third-order valence-electron chi connectivity index (χ3n) is 6.76. The van der Waals surface area contributed by atoms with Crippen molar-refractivity contribution in [2.24, 2.45) is 22.7 Å². The van der Waals surface area contributed by atoms with Crippen LogP contribution in [0, 0.1) is 22.7 Å². The van der Waals surface area contributed by atoms with Crippen LogP contribution in [0.3, 0.4) is 0 Å². The van der Waals surface area contributed by atoms with Crippen molar-refractivity contribution in [3.8, 4) is 0 Å². The number of carbonyl (C=O) groups is 2. The molecule has 1 aliphatic carbocycles. The van der Waals surface area contributed by atoms with Gasteiger partial charge >= 0.3 is 5.97 Å². The summed E-state index contributed by atoms with van der Waals surface area (Å²) < 4.78 is 11.5. The van der Waals surface area contributed by atoms with E-state index in [-0.39, 0.29) is 29.1 Å². The zero-order chi connectivity index (χ0) is 14.1. The molecule has 0 spiro atoms. The normalized spacial score (nSPS) is 55.8. The third-order valence-corrected chi connectivity index (χ3v) is 6.76. The summed E-state index contributed by atoms with van der Waals surface area (Å²) in [5.74, 6) is 0.0950. The largest absolute Gasteiger partial charge is 0.433 e. The zero-order valence-corrected chi connectivity index (χ0v) is 12.1. The molecule has 3 aliphatic rings. The zero-order valence-electron chi connectivity index (χ0n) is 12.1. The van der Waals surface area contributed by atoms with Crippen molar-refractivity contribution >= 4 is 12.3 Å². The highest BCUT2D eigenvalue weighted by molar-refractivity contribution is 5.85. The van der Waals surface area contributed by atoms with Crippen molar-refractivity contribution in [1.29, 1.82) is 0 Å². The molecule has 2 aliphatic heterocycles. The Morgan fingerprint density at radius 3 is 2.68 bits per heavy atom. The van der Waals surface area contributed by atoms with E-state index < -0.39 is 11.9 Å². The fraction of sp³-hybridized carbons (Fsp3) is 0.867. The Morgan fingerprint density at radius 1 is 1.37 bits per heavy atom. The lowest BCUT2D eigenvalue weighted by Gasteiger charge is -2.55. The molecule has 0 unspecified atom stereocenters. The first-order chi connectivity index (χ1) is 8.83. The lowest BCUT2D eigenvalue weighted by molar-refractivity contribution is -0.267. The van der Waals surface area contributed by atoms with E-state index in [4.69, 9.17) is 9.47 Å². The number of ether oxygens (including phenoxy) is 2. The van der Waals surface area contributed by atoms with Gasteiger partial charge in [-0.2, -0.15) is 0 Å². The number of esters is 1. The lowest BCUT2D eigenvalue weighted by atomic mass is 9.54. The summed E-state index contributed by atoms with van der Waals surface area (Å²) in [6, 6.07) is 0. The van der Waals surface area contributed by atoms with Crippen LogP contribution >= 0.6 is 0 Å². The Balaban J connectivity index is 2.14. The van der Waals surface area contributed by atoms with Crippen molar-refractivity contribution in [3.63, 3.8) is 0 Å². The van der Waals surface area contributed by atoms with E-state index in [9.17, 15) is 9.59 Å². The molecular formula is C15H22O4. The van der Waals surface area contributed by atoms with Crippen LogP contribution in [0.4, 0.5) is 0 Å². The van der Waals surface area contributed by atoms with Crippen LogP contribution in [0.15, 0.2) is 0 Å². The minimum absolute atomic E-state index is 0.00796. The Hall–Kier alpha value is -0.900. The molecule has 0 aromatic carbocycles. The molecule has 4 nitrogen and oxygen atoms in total. The maximum Gasteiger partial charge on any atom is 0.341 e. The molecule has 3 rings (SSSR count). The second kappa shape index (κ2) is 3.60. The number of fused-ring (bicyclic) bond motifs is 4. The average Bonchev–Trinajstić information content (AvgIpc) is 2.81. The minimum Gasteiger partial charge on any atom is -0.433 e. The van der Waals surface area contributed by atoms with Gasteiger partial charge in [-0.1, -0.05) is 27.7 Å². The molecule has 2 bridgehead atoms. The Morgan fingerprint density at radius 2 is 2.05 bits per heavy atom. The molecule has 0 aromatic heterocycles. The quantitative estimate of drug-likeness (QED) is 0.568. The summed E-state index contributed by atoms with van der Waals surface area (Å²) >= 11 is 0. The molecule has 0 N–H and O–H groups in total. The Kier molecular flexibility index (Phi) is 2.48. The van der Waals surface area contributed by atoms with Crippen molar-refractivity contribution in [1.82, 2.24) is 0 Å². The second-order valence-electron chi connectivity index (χ2n) is 6.98. The van der Waals surface area contributed by atoms with Crippen molar-refractivity contribution in [2.75, 3.05) is 0 Å². The fourth-order valence-electron chi connectivity index (χ4n) is 4.76. The van der Waals surface area contributed by atoms with Gasteiger partial charge in [-0.05, 0) is 24.2 Å². The van der Waals surface area contributed by atoms with Crippen LogP contribution in [0.2, 0.25) is 0 Å². The Bertz CT molecular complexity index is 447. The molecule has 106 valence electrons. The van der Waals surface area contributed by atoms with Crippen molar-refractivity contribution < 1.29 is 19.1 Å². The number of aldehydes is 1. The van der Waals surface area contributed by atoms with Gasteiger partial charge in [0.1, 0.15) is 6.29 Å². The van der Waals surface area contributed by atoms with Gasteiger partial charge < -0.3 is 14.3 Å². The molecule has 4 heteroatoms. The summed E-state index contributed by atoms with van der Waals surface area (Å²) in [4.78, 5) is 23.3. The second-order valence-corrected chi connectivity index (χ2v) is 6.98. The van der Waals surface area contributed by atoms with Crippen molar-refractivity contribution in [2.45, 2.75) is 58.8 Å². The van der Waals surface area contributed by atoms with Gasteiger partial charge in [-0.25, -0.2) is 4.79 Å². The third kappa shape index (κ3) is 1.20. The molecule has 2 heterocycles. The van der Waals surface area contributed by atoms with Gasteiger partial charge in [0.2, 0.25) is 6.29 Å². The number of hydrogen-bond acceptors (Lipinski definition) is 4. The monoisotopic (exact) mass is 266 g/mol. The molecule has 0 aromatic rings. The van der Waals surface area contributed by atoms with Gasteiger partial charge in [0.15, 0.2) is 5.60 Å². The van der Waals surface area contributed by atoms with E-state index in [0.717, 1.165) is 19.1 Å². The molecule has 0 radical (unpaired) electrons. The summed E-state index contributed by atoms with van der Waals surface area (Å²) in [6.07, 6.45) is 2.56. The van der Waals surface area contributed by atoms with E-state index in [1.807, 2.05) is 6.92 Å².